The molecular weight excluding hydrogens is 254 g/mol. The summed E-state index contributed by atoms with van der Waals surface area (Å²) in [4.78, 5) is 10.6. The maximum absolute atomic E-state index is 5.78. The molecule has 0 fully saturated rings. The molecule has 6 nitrogen and oxygen atoms in total. The van der Waals surface area contributed by atoms with Gasteiger partial charge in [-0.25, -0.2) is 9.97 Å². The Kier molecular flexibility index (Phi) is 2.98. The van der Waals surface area contributed by atoms with Crippen LogP contribution in [0, 0.1) is 6.92 Å². The highest BCUT2D eigenvalue weighted by molar-refractivity contribution is 5.91. The number of nitrogens with two attached hydrogens (primary N) is 1. The molecule has 3 rings (SSSR count). The van der Waals surface area contributed by atoms with Gasteiger partial charge in [0.2, 0.25) is 0 Å². The zero-order valence-electron chi connectivity index (χ0n) is 11.4. The van der Waals surface area contributed by atoms with Crippen LogP contribution in [-0.2, 0) is 6.54 Å². The molecule has 0 saturated heterocycles. The van der Waals surface area contributed by atoms with Crippen molar-refractivity contribution in [2.24, 2.45) is 0 Å². The monoisotopic (exact) mass is 269 g/mol. The predicted octanol–water partition coefficient (Wildman–Crippen LogP) is 2.14. The molecule has 102 valence electrons. The first-order chi connectivity index (χ1) is 9.63. The molecule has 1 aromatic carbocycles. The highest BCUT2D eigenvalue weighted by Crippen LogP contribution is 2.24. The first-order valence-corrected chi connectivity index (χ1v) is 6.27. The van der Waals surface area contributed by atoms with Gasteiger partial charge in [-0.2, -0.15) is 0 Å². The third kappa shape index (κ3) is 2.27. The second-order valence-electron chi connectivity index (χ2n) is 4.76. The number of nitrogens with zero attached hydrogens (tertiary/aromatic N) is 4. The number of hydrogen-bond acceptors (Lipinski definition) is 6. The summed E-state index contributed by atoms with van der Waals surface area (Å²) >= 11 is 0. The highest BCUT2D eigenvalue weighted by atomic mass is 16.5. The van der Waals surface area contributed by atoms with Gasteiger partial charge in [0.15, 0.2) is 0 Å². The number of hydrogen-bond donors (Lipinski definition) is 1. The van der Waals surface area contributed by atoms with Crippen LogP contribution in [0.2, 0.25) is 0 Å². The number of rotatable bonds is 3. The SMILES string of the molecule is Cc1cc(CN(C)c2ncnc3cc(N)ccc23)no1. The molecular formula is C14H15N5O. The van der Waals surface area contributed by atoms with Gasteiger partial charge in [0.05, 0.1) is 12.1 Å². The van der Waals surface area contributed by atoms with E-state index in [0.717, 1.165) is 28.2 Å². The Morgan fingerprint density at radius 2 is 2.10 bits per heavy atom. The smallest absolute Gasteiger partial charge is 0.139 e. The second kappa shape index (κ2) is 4.80. The van der Waals surface area contributed by atoms with E-state index in [2.05, 4.69) is 15.1 Å². The molecule has 0 amide bonds. The van der Waals surface area contributed by atoms with Crippen LogP contribution in [-0.4, -0.2) is 22.2 Å². The van der Waals surface area contributed by atoms with Crippen LogP contribution < -0.4 is 10.6 Å². The summed E-state index contributed by atoms with van der Waals surface area (Å²) in [7, 11) is 1.96. The van der Waals surface area contributed by atoms with E-state index < -0.39 is 0 Å². The van der Waals surface area contributed by atoms with Crippen molar-refractivity contribution in [3.63, 3.8) is 0 Å². The van der Waals surface area contributed by atoms with Gasteiger partial charge in [-0.3, -0.25) is 0 Å². The first kappa shape index (κ1) is 12.4. The van der Waals surface area contributed by atoms with Crippen LogP contribution in [0.4, 0.5) is 11.5 Å². The molecule has 3 aromatic rings. The van der Waals surface area contributed by atoms with Gasteiger partial charge < -0.3 is 15.2 Å². The summed E-state index contributed by atoms with van der Waals surface area (Å²) in [5, 5.41) is 4.96. The lowest BCUT2D eigenvalue weighted by Gasteiger charge is -2.18. The molecule has 20 heavy (non-hydrogen) atoms. The van der Waals surface area contributed by atoms with E-state index in [9.17, 15) is 0 Å². The lowest BCUT2D eigenvalue weighted by molar-refractivity contribution is 0.390. The van der Waals surface area contributed by atoms with Gasteiger partial charge in [0, 0.05) is 24.2 Å². The van der Waals surface area contributed by atoms with Gasteiger partial charge in [0.25, 0.3) is 0 Å². The van der Waals surface area contributed by atoms with E-state index in [-0.39, 0.29) is 0 Å². The van der Waals surface area contributed by atoms with E-state index in [1.54, 1.807) is 6.33 Å². The van der Waals surface area contributed by atoms with Crippen molar-refractivity contribution < 1.29 is 4.52 Å². The molecule has 0 unspecified atom stereocenters. The highest BCUT2D eigenvalue weighted by Gasteiger charge is 2.11. The topological polar surface area (TPSA) is 81.1 Å². The summed E-state index contributed by atoms with van der Waals surface area (Å²) in [6, 6.07) is 7.54. The molecule has 0 bridgehead atoms. The Balaban J connectivity index is 1.96. The molecule has 0 aliphatic rings. The Labute approximate surface area is 116 Å². The molecule has 2 N–H and O–H groups in total. The van der Waals surface area contributed by atoms with Crippen LogP contribution in [0.1, 0.15) is 11.5 Å². The molecule has 0 spiro atoms. The van der Waals surface area contributed by atoms with Crippen molar-refractivity contribution in [1.29, 1.82) is 0 Å². The van der Waals surface area contributed by atoms with Gasteiger partial charge in [0.1, 0.15) is 23.6 Å². The molecule has 0 saturated carbocycles. The normalized spacial score (nSPS) is 10.9. The molecule has 0 aliphatic heterocycles. The molecule has 0 atom stereocenters. The summed E-state index contributed by atoms with van der Waals surface area (Å²) in [5.41, 5.74) is 8.17. The van der Waals surface area contributed by atoms with Crippen molar-refractivity contribution in [2.45, 2.75) is 13.5 Å². The van der Waals surface area contributed by atoms with Gasteiger partial charge in [-0.05, 0) is 25.1 Å². The van der Waals surface area contributed by atoms with Crippen LogP contribution in [0.3, 0.4) is 0 Å². The number of fused-ring (bicyclic) bond motifs is 1. The van der Waals surface area contributed by atoms with E-state index in [1.807, 2.05) is 43.1 Å². The first-order valence-electron chi connectivity index (χ1n) is 6.27. The third-order valence-corrected chi connectivity index (χ3v) is 3.08. The Morgan fingerprint density at radius 3 is 2.85 bits per heavy atom. The van der Waals surface area contributed by atoms with Gasteiger partial charge in [-0.1, -0.05) is 5.16 Å². The number of aryl methyl sites for hydroxylation is 1. The fourth-order valence-corrected chi connectivity index (χ4v) is 2.17. The van der Waals surface area contributed by atoms with E-state index in [0.29, 0.717) is 12.2 Å². The van der Waals surface area contributed by atoms with Crippen LogP contribution in [0.5, 0.6) is 0 Å². The predicted molar refractivity (Wildman–Crippen MR) is 77.3 cm³/mol. The van der Waals surface area contributed by atoms with Crippen LogP contribution in [0.25, 0.3) is 10.9 Å². The maximum atomic E-state index is 5.78. The minimum atomic E-state index is 0.619. The number of anilines is 2. The summed E-state index contributed by atoms with van der Waals surface area (Å²) < 4.78 is 5.08. The lowest BCUT2D eigenvalue weighted by Crippen LogP contribution is -2.18. The third-order valence-electron chi connectivity index (χ3n) is 3.08. The molecule has 6 heteroatoms. The Hall–Kier alpha value is -2.63. The minimum absolute atomic E-state index is 0.619. The fourth-order valence-electron chi connectivity index (χ4n) is 2.17. The van der Waals surface area contributed by atoms with E-state index >= 15 is 0 Å². The number of nitrogen functional groups attached to an aromatic ring is 1. The quantitative estimate of drug-likeness (QED) is 0.734. The van der Waals surface area contributed by atoms with Crippen molar-refractivity contribution >= 4 is 22.4 Å². The molecule has 2 aromatic heterocycles. The summed E-state index contributed by atoms with van der Waals surface area (Å²) in [5.74, 6) is 1.64. The fraction of sp³-hybridized carbons (Fsp3) is 0.214. The van der Waals surface area contributed by atoms with Gasteiger partial charge in [-0.15, -0.1) is 0 Å². The van der Waals surface area contributed by atoms with Crippen molar-refractivity contribution in [2.75, 3.05) is 17.7 Å². The minimum Gasteiger partial charge on any atom is -0.399 e. The van der Waals surface area contributed by atoms with Crippen LogP contribution in [0.15, 0.2) is 35.1 Å². The zero-order chi connectivity index (χ0) is 14.1. The Bertz CT molecular complexity index is 752. The number of aromatic nitrogens is 3. The molecule has 0 aliphatic carbocycles. The maximum Gasteiger partial charge on any atom is 0.139 e. The van der Waals surface area contributed by atoms with E-state index in [1.165, 1.54) is 0 Å². The average Bonchev–Trinajstić information content (AvgIpc) is 2.83. The largest absolute Gasteiger partial charge is 0.399 e. The Morgan fingerprint density at radius 1 is 1.25 bits per heavy atom. The van der Waals surface area contributed by atoms with Gasteiger partial charge >= 0.3 is 0 Å². The van der Waals surface area contributed by atoms with Crippen molar-refractivity contribution in [3.8, 4) is 0 Å². The number of benzene rings is 1. The summed E-state index contributed by atoms with van der Waals surface area (Å²) in [6.45, 7) is 2.49. The molecule has 2 heterocycles. The zero-order valence-corrected chi connectivity index (χ0v) is 11.4. The summed E-state index contributed by atoms with van der Waals surface area (Å²) in [6.07, 6.45) is 1.54. The lowest BCUT2D eigenvalue weighted by atomic mass is 10.2. The average molecular weight is 269 g/mol. The van der Waals surface area contributed by atoms with Crippen LogP contribution >= 0.6 is 0 Å². The van der Waals surface area contributed by atoms with Crippen molar-refractivity contribution in [3.05, 3.63) is 42.0 Å². The second-order valence-corrected chi connectivity index (χ2v) is 4.76. The van der Waals surface area contributed by atoms with E-state index in [4.69, 9.17) is 10.3 Å². The standard InChI is InChI=1S/C14H15N5O/c1-9-5-11(18-20-9)7-19(2)14-12-4-3-10(15)6-13(12)16-8-17-14/h3-6,8H,7,15H2,1-2H3. The molecule has 0 radical (unpaired) electrons. The van der Waals surface area contributed by atoms with Crippen molar-refractivity contribution in [1.82, 2.24) is 15.1 Å².